The van der Waals surface area contributed by atoms with Crippen molar-refractivity contribution in [2.45, 2.75) is 6.42 Å². The molecule has 0 radical (unpaired) electrons. The van der Waals surface area contributed by atoms with Crippen LogP contribution in [0.1, 0.15) is 6.42 Å². The molecule has 2 amide bonds. The highest BCUT2D eigenvalue weighted by molar-refractivity contribution is 5.91. The molecule has 0 bridgehead atoms. The lowest BCUT2D eigenvalue weighted by atomic mass is 10.1. The number of rotatable bonds is 6. The van der Waals surface area contributed by atoms with Crippen molar-refractivity contribution in [2.75, 3.05) is 57.7 Å². The first-order valence-corrected chi connectivity index (χ1v) is 12.0. The van der Waals surface area contributed by atoms with Gasteiger partial charge in [0.25, 0.3) is 5.78 Å². The molecule has 2 aromatic carbocycles. The molecule has 0 spiro atoms. The molecule has 5 rings (SSSR count). The Balaban J connectivity index is 1.39. The molecule has 0 saturated carbocycles. The molecule has 0 atom stereocenters. The zero-order valence-corrected chi connectivity index (χ0v) is 21.0. The van der Waals surface area contributed by atoms with Gasteiger partial charge in [-0.1, -0.05) is 12.1 Å². The number of ether oxygens (including phenoxy) is 3. The van der Waals surface area contributed by atoms with E-state index < -0.39 is 0 Å². The van der Waals surface area contributed by atoms with Crippen LogP contribution in [0.3, 0.4) is 0 Å². The monoisotopic (exact) mass is 503 g/mol. The molecule has 0 aliphatic carbocycles. The van der Waals surface area contributed by atoms with Gasteiger partial charge in [-0.3, -0.25) is 0 Å². The smallest absolute Gasteiger partial charge is 0.322 e. The second kappa shape index (κ2) is 10.6. The summed E-state index contributed by atoms with van der Waals surface area (Å²) >= 11 is 0. The Hall–Kier alpha value is -4.54. The van der Waals surface area contributed by atoms with Gasteiger partial charge >= 0.3 is 6.03 Å². The highest BCUT2D eigenvalue weighted by Gasteiger charge is 2.24. The summed E-state index contributed by atoms with van der Waals surface area (Å²) in [6.07, 6.45) is 4.11. The minimum absolute atomic E-state index is 0.190. The maximum Gasteiger partial charge on any atom is 0.322 e. The molecule has 1 fully saturated rings. The molecule has 2 aromatic heterocycles. The Morgan fingerprint density at radius 3 is 2.43 bits per heavy atom. The van der Waals surface area contributed by atoms with E-state index in [-0.39, 0.29) is 6.03 Å². The van der Waals surface area contributed by atoms with Crippen molar-refractivity contribution in [3.8, 4) is 28.4 Å². The minimum Gasteiger partial charge on any atom is -0.497 e. The van der Waals surface area contributed by atoms with Crippen LogP contribution in [0.5, 0.6) is 17.2 Å². The van der Waals surface area contributed by atoms with E-state index >= 15 is 0 Å². The quantitative estimate of drug-likeness (QED) is 0.426. The summed E-state index contributed by atoms with van der Waals surface area (Å²) in [5.74, 6) is 3.41. The number of hydrogen-bond donors (Lipinski definition) is 1. The summed E-state index contributed by atoms with van der Waals surface area (Å²) in [5, 5.41) is 7.42. The van der Waals surface area contributed by atoms with Gasteiger partial charge in [0.2, 0.25) is 0 Å². The van der Waals surface area contributed by atoms with Gasteiger partial charge in [-0.15, -0.1) is 0 Å². The number of hydrogen-bond acceptors (Lipinski definition) is 8. The SMILES string of the molecule is COc1ccc(-c2cnc3ncnn3c2N2CCCN(C(=O)Nc3cc(OC)ccc3OC)CC2)cc1. The van der Waals surface area contributed by atoms with E-state index in [1.165, 1.54) is 6.33 Å². The number of fused-ring (bicyclic) bond motifs is 1. The average molecular weight is 504 g/mol. The molecule has 3 heterocycles. The van der Waals surface area contributed by atoms with Crippen LogP contribution in [-0.4, -0.2) is 78.0 Å². The van der Waals surface area contributed by atoms with Gasteiger partial charge in [-0.25, -0.2) is 9.78 Å². The highest BCUT2D eigenvalue weighted by atomic mass is 16.5. The van der Waals surface area contributed by atoms with E-state index in [4.69, 9.17) is 14.2 Å². The first kappa shape index (κ1) is 24.2. The molecule has 11 nitrogen and oxygen atoms in total. The summed E-state index contributed by atoms with van der Waals surface area (Å²) in [6.45, 7) is 2.50. The average Bonchev–Trinajstić information content (AvgIpc) is 3.29. The van der Waals surface area contributed by atoms with Gasteiger partial charge in [0.15, 0.2) is 0 Å². The molecule has 1 aliphatic rings. The lowest BCUT2D eigenvalue weighted by Crippen LogP contribution is -2.38. The maximum absolute atomic E-state index is 13.2. The number of anilines is 2. The third-order valence-corrected chi connectivity index (χ3v) is 6.41. The van der Waals surface area contributed by atoms with Crippen LogP contribution in [0.15, 0.2) is 55.0 Å². The third kappa shape index (κ3) is 4.92. The standard InChI is InChI=1S/C26H29N7O4/c1-35-19-7-5-18(6-8-19)21-16-27-25-28-17-29-33(25)24(21)31-11-4-12-32(14-13-31)26(34)30-22-15-20(36-2)9-10-23(22)37-3/h5-10,15-17H,4,11-14H2,1-3H3,(H,30,34). The van der Waals surface area contributed by atoms with Crippen molar-refractivity contribution in [2.24, 2.45) is 0 Å². The van der Waals surface area contributed by atoms with E-state index in [0.29, 0.717) is 42.6 Å². The molecular weight excluding hydrogens is 474 g/mol. The maximum atomic E-state index is 13.2. The molecule has 192 valence electrons. The van der Waals surface area contributed by atoms with E-state index in [2.05, 4.69) is 25.3 Å². The van der Waals surface area contributed by atoms with E-state index in [1.807, 2.05) is 35.4 Å². The van der Waals surface area contributed by atoms with Crippen LogP contribution in [0, 0.1) is 0 Å². The zero-order chi connectivity index (χ0) is 25.8. The molecule has 37 heavy (non-hydrogen) atoms. The molecular formula is C26H29N7O4. The first-order valence-electron chi connectivity index (χ1n) is 12.0. The van der Waals surface area contributed by atoms with Gasteiger partial charge in [0.1, 0.15) is 29.4 Å². The lowest BCUT2D eigenvalue weighted by Gasteiger charge is -2.26. The summed E-state index contributed by atoms with van der Waals surface area (Å²) in [5.41, 5.74) is 2.48. The van der Waals surface area contributed by atoms with Gasteiger partial charge in [0, 0.05) is 44.0 Å². The Labute approximate surface area is 214 Å². The predicted octanol–water partition coefficient (Wildman–Crippen LogP) is 3.56. The number of amides is 2. The second-order valence-corrected chi connectivity index (χ2v) is 8.52. The van der Waals surface area contributed by atoms with Gasteiger partial charge < -0.3 is 29.3 Å². The van der Waals surface area contributed by atoms with Crippen molar-refractivity contribution in [3.05, 3.63) is 55.0 Å². The summed E-state index contributed by atoms with van der Waals surface area (Å²) in [6, 6.07) is 13.0. The van der Waals surface area contributed by atoms with Crippen LogP contribution in [-0.2, 0) is 0 Å². The molecule has 0 unspecified atom stereocenters. The van der Waals surface area contributed by atoms with Crippen LogP contribution >= 0.6 is 0 Å². The molecule has 1 aliphatic heterocycles. The number of urea groups is 1. The number of aromatic nitrogens is 4. The van der Waals surface area contributed by atoms with Gasteiger partial charge in [0.05, 0.1) is 27.0 Å². The van der Waals surface area contributed by atoms with Crippen LogP contribution in [0.25, 0.3) is 16.9 Å². The van der Waals surface area contributed by atoms with Crippen molar-refractivity contribution in [1.29, 1.82) is 0 Å². The fourth-order valence-corrected chi connectivity index (χ4v) is 4.48. The van der Waals surface area contributed by atoms with E-state index in [0.717, 1.165) is 35.7 Å². The highest BCUT2D eigenvalue weighted by Crippen LogP contribution is 2.33. The van der Waals surface area contributed by atoms with Crippen molar-refractivity contribution < 1.29 is 19.0 Å². The van der Waals surface area contributed by atoms with Crippen LogP contribution in [0.4, 0.5) is 16.3 Å². The Kier molecular flexibility index (Phi) is 6.93. The molecule has 1 saturated heterocycles. The number of benzene rings is 2. The summed E-state index contributed by atoms with van der Waals surface area (Å²) < 4.78 is 17.8. The fraction of sp³-hybridized carbons (Fsp3) is 0.308. The Morgan fingerprint density at radius 1 is 0.892 bits per heavy atom. The Bertz CT molecular complexity index is 1390. The largest absolute Gasteiger partial charge is 0.497 e. The zero-order valence-electron chi connectivity index (χ0n) is 21.0. The Morgan fingerprint density at radius 2 is 1.68 bits per heavy atom. The number of nitrogens with zero attached hydrogens (tertiary/aromatic N) is 6. The van der Waals surface area contributed by atoms with Crippen molar-refractivity contribution >= 4 is 23.3 Å². The summed E-state index contributed by atoms with van der Waals surface area (Å²) in [7, 11) is 4.80. The first-order chi connectivity index (χ1) is 18.1. The van der Waals surface area contributed by atoms with Crippen molar-refractivity contribution in [3.63, 3.8) is 0 Å². The molecule has 4 aromatic rings. The fourth-order valence-electron chi connectivity index (χ4n) is 4.48. The topological polar surface area (TPSA) is 106 Å². The normalized spacial score (nSPS) is 13.8. The predicted molar refractivity (Wildman–Crippen MR) is 140 cm³/mol. The second-order valence-electron chi connectivity index (χ2n) is 8.52. The number of methoxy groups -OCH3 is 3. The lowest BCUT2D eigenvalue weighted by molar-refractivity contribution is 0.215. The molecule has 1 N–H and O–H groups in total. The van der Waals surface area contributed by atoms with Crippen LogP contribution < -0.4 is 24.4 Å². The van der Waals surface area contributed by atoms with Gasteiger partial charge in [-0.05, 0) is 36.2 Å². The minimum atomic E-state index is -0.190. The van der Waals surface area contributed by atoms with Crippen LogP contribution in [0.2, 0.25) is 0 Å². The number of nitrogens with one attached hydrogen (secondary N) is 1. The third-order valence-electron chi connectivity index (χ3n) is 6.41. The van der Waals surface area contributed by atoms with Gasteiger partial charge in [-0.2, -0.15) is 14.6 Å². The molecule has 11 heteroatoms. The summed E-state index contributed by atoms with van der Waals surface area (Å²) in [4.78, 5) is 26.0. The van der Waals surface area contributed by atoms with E-state index in [9.17, 15) is 4.79 Å². The van der Waals surface area contributed by atoms with E-state index in [1.54, 1.807) is 44.0 Å². The number of carbonyl (C=O) groups excluding carboxylic acids is 1. The number of carbonyl (C=O) groups is 1. The van der Waals surface area contributed by atoms with Crippen molar-refractivity contribution in [1.82, 2.24) is 24.5 Å².